The van der Waals surface area contributed by atoms with Crippen molar-refractivity contribution in [3.8, 4) is 0 Å². The van der Waals surface area contributed by atoms with Crippen molar-refractivity contribution in [3.05, 3.63) is 47.5 Å². The van der Waals surface area contributed by atoms with Crippen LogP contribution in [0.5, 0.6) is 0 Å². The van der Waals surface area contributed by atoms with Crippen LogP contribution in [0.2, 0.25) is 0 Å². The minimum Gasteiger partial charge on any atom is -0.459 e. The van der Waals surface area contributed by atoms with Crippen LogP contribution in [-0.4, -0.2) is 39.7 Å². The average molecular weight is 472 g/mol. The van der Waals surface area contributed by atoms with Crippen molar-refractivity contribution >= 4 is 40.9 Å². The molecule has 0 saturated carbocycles. The van der Waals surface area contributed by atoms with E-state index in [1.54, 1.807) is 17.8 Å². The maximum Gasteiger partial charge on any atom is 0.194 e. The molecule has 0 spiro atoms. The molecule has 1 aromatic carbocycles. The van der Waals surface area contributed by atoms with E-state index in [0.29, 0.717) is 24.6 Å². The van der Waals surface area contributed by atoms with E-state index in [4.69, 9.17) is 4.42 Å². The fraction of sp³-hybridized carbons (Fsp3) is 0.353. The first-order valence-corrected chi connectivity index (χ1v) is 7.91. The van der Waals surface area contributed by atoms with Gasteiger partial charge in [-0.1, -0.05) is 0 Å². The van der Waals surface area contributed by atoms with Crippen LogP contribution < -0.4 is 5.32 Å². The fourth-order valence-electron chi connectivity index (χ4n) is 2.71. The molecule has 0 aliphatic heterocycles. The van der Waals surface area contributed by atoms with Crippen LogP contribution in [0, 0.1) is 12.7 Å². The highest BCUT2D eigenvalue weighted by Crippen LogP contribution is 2.25. The third kappa shape index (κ3) is 4.14. The van der Waals surface area contributed by atoms with Gasteiger partial charge in [0.2, 0.25) is 0 Å². The number of nitrogens with zero attached hydrogens (tertiary/aromatic N) is 5. The highest BCUT2D eigenvalue weighted by molar-refractivity contribution is 14.0. The lowest BCUT2D eigenvalue weighted by molar-refractivity contribution is 0.442. The van der Waals surface area contributed by atoms with E-state index in [0.717, 1.165) is 22.5 Å². The SMILES string of the molecule is CN=C(NCc1oc2ccc(F)cc2c1C)N(C)Cc1ncnn1C.I. The van der Waals surface area contributed by atoms with Gasteiger partial charge in [0.15, 0.2) is 5.96 Å². The third-order valence-corrected chi connectivity index (χ3v) is 4.16. The van der Waals surface area contributed by atoms with E-state index in [9.17, 15) is 4.39 Å². The number of fused-ring (bicyclic) bond motifs is 1. The smallest absolute Gasteiger partial charge is 0.194 e. The first-order chi connectivity index (χ1) is 12.0. The zero-order valence-corrected chi connectivity index (χ0v) is 17.5. The van der Waals surface area contributed by atoms with Gasteiger partial charge in [-0.3, -0.25) is 9.67 Å². The Hall–Kier alpha value is -2.17. The number of halogens is 2. The molecule has 9 heteroatoms. The van der Waals surface area contributed by atoms with E-state index in [1.165, 1.54) is 18.5 Å². The molecule has 0 radical (unpaired) electrons. The van der Waals surface area contributed by atoms with Crippen molar-refractivity contribution in [3.63, 3.8) is 0 Å². The maximum atomic E-state index is 13.4. The van der Waals surface area contributed by atoms with Crippen LogP contribution in [0.25, 0.3) is 11.0 Å². The molecule has 140 valence electrons. The van der Waals surface area contributed by atoms with E-state index in [2.05, 4.69) is 20.4 Å². The van der Waals surface area contributed by atoms with Gasteiger partial charge in [0, 0.05) is 32.1 Å². The maximum absolute atomic E-state index is 13.4. The monoisotopic (exact) mass is 472 g/mol. The lowest BCUT2D eigenvalue weighted by Crippen LogP contribution is -2.38. The fourth-order valence-corrected chi connectivity index (χ4v) is 2.71. The minimum atomic E-state index is -0.268. The summed E-state index contributed by atoms with van der Waals surface area (Å²) in [4.78, 5) is 10.4. The largest absolute Gasteiger partial charge is 0.459 e. The second-order valence-corrected chi connectivity index (χ2v) is 5.85. The van der Waals surface area contributed by atoms with Crippen LogP contribution in [0.1, 0.15) is 17.1 Å². The Morgan fingerprint density at radius 1 is 1.42 bits per heavy atom. The summed E-state index contributed by atoms with van der Waals surface area (Å²) in [6, 6.07) is 4.54. The Bertz CT molecular complexity index is 919. The van der Waals surface area contributed by atoms with Gasteiger partial charge in [0.1, 0.15) is 29.3 Å². The molecule has 2 heterocycles. The molecule has 0 unspecified atom stereocenters. The number of aliphatic imine (C=N–C) groups is 1. The Morgan fingerprint density at radius 2 is 2.19 bits per heavy atom. The number of nitrogens with one attached hydrogen (secondary N) is 1. The van der Waals surface area contributed by atoms with Crippen molar-refractivity contribution in [1.29, 1.82) is 0 Å². The van der Waals surface area contributed by atoms with E-state index in [-0.39, 0.29) is 29.8 Å². The molecule has 0 aliphatic carbocycles. The highest BCUT2D eigenvalue weighted by atomic mass is 127. The number of hydrogen-bond acceptors (Lipinski definition) is 4. The number of benzene rings is 1. The van der Waals surface area contributed by atoms with Gasteiger partial charge in [-0.25, -0.2) is 9.37 Å². The molecular weight excluding hydrogens is 450 g/mol. The predicted octanol–water partition coefficient (Wildman–Crippen LogP) is 2.83. The summed E-state index contributed by atoms with van der Waals surface area (Å²) in [5, 5.41) is 8.12. The van der Waals surface area contributed by atoms with Gasteiger partial charge in [0.05, 0.1) is 13.1 Å². The van der Waals surface area contributed by atoms with Gasteiger partial charge in [0.25, 0.3) is 0 Å². The van der Waals surface area contributed by atoms with Crippen molar-refractivity contribution in [2.45, 2.75) is 20.0 Å². The zero-order valence-electron chi connectivity index (χ0n) is 15.2. The molecule has 3 rings (SSSR count). The summed E-state index contributed by atoms with van der Waals surface area (Å²) in [6.45, 7) is 2.95. The van der Waals surface area contributed by atoms with Crippen molar-refractivity contribution in [1.82, 2.24) is 25.0 Å². The Kier molecular flexibility index (Phi) is 6.57. The number of aromatic nitrogens is 3. The summed E-state index contributed by atoms with van der Waals surface area (Å²) in [5.74, 6) is 2.03. The standard InChI is InChI=1S/C17H21FN6O.HI/c1-11-13-7-12(18)5-6-14(13)25-15(11)8-20-17(19-2)23(3)9-16-21-10-22-24(16)4;/h5-7,10H,8-9H2,1-4H3,(H,19,20);1H. The molecule has 0 fully saturated rings. The molecule has 2 aromatic heterocycles. The Morgan fingerprint density at radius 3 is 2.85 bits per heavy atom. The molecule has 0 saturated heterocycles. The molecular formula is C17H22FIN6O. The van der Waals surface area contributed by atoms with E-state index >= 15 is 0 Å². The molecule has 7 nitrogen and oxygen atoms in total. The quantitative estimate of drug-likeness (QED) is 0.359. The summed E-state index contributed by atoms with van der Waals surface area (Å²) in [6.07, 6.45) is 1.52. The number of aryl methyl sites for hydroxylation is 2. The topological polar surface area (TPSA) is 71.5 Å². The molecule has 0 atom stereocenters. The van der Waals surface area contributed by atoms with Gasteiger partial charge in [-0.05, 0) is 25.1 Å². The van der Waals surface area contributed by atoms with Crippen molar-refractivity contribution < 1.29 is 8.81 Å². The molecule has 0 amide bonds. The minimum absolute atomic E-state index is 0. The lowest BCUT2D eigenvalue weighted by Gasteiger charge is -2.21. The van der Waals surface area contributed by atoms with E-state index < -0.39 is 0 Å². The van der Waals surface area contributed by atoms with Gasteiger partial charge in [-0.15, -0.1) is 24.0 Å². The summed E-state index contributed by atoms with van der Waals surface area (Å²) in [5.41, 5.74) is 1.60. The Balaban J connectivity index is 0.00000243. The molecule has 26 heavy (non-hydrogen) atoms. The molecule has 0 aliphatic rings. The number of guanidine groups is 1. The number of hydrogen-bond donors (Lipinski definition) is 1. The zero-order chi connectivity index (χ0) is 18.0. The van der Waals surface area contributed by atoms with Crippen LogP contribution in [0.3, 0.4) is 0 Å². The first kappa shape index (κ1) is 20.1. The summed E-state index contributed by atoms with van der Waals surface area (Å²) < 4.78 is 21.0. The average Bonchev–Trinajstić information content (AvgIpc) is 3.12. The summed E-state index contributed by atoms with van der Waals surface area (Å²) in [7, 11) is 5.49. The highest BCUT2D eigenvalue weighted by Gasteiger charge is 2.14. The van der Waals surface area contributed by atoms with Crippen LogP contribution in [0.4, 0.5) is 4.39 Å². The van der Waals surface area contributed by atoms with Crippen molar-refractivity contribution in [2.75, 3.05) is 14.1 Å². The van der Waals surface area contributed by atoms with Crippen LogP contribution in [0.15, 0.2) is 33.9 Å². The normalized spacial score (nSPS) is 11.5. The Labute approximate surface area is 168 Å². The predicted molar refractivity (Wildman–Crippen MR) is 109 cm³/mol. The van der Waals surface area contributed by atoms with Crippen LogP contribution >= 0.6 is 24.0 Å². The van der Waals surface area contributed by atoms with Crippen molar-refractivity contribution in [2.24, 2.45) is 12.0 Å². The lowest BCUT2D eigenvalue weighted by atomic mass is 10.1. The van der Waals surface area contributed by atoms with Gasteiger partial charge in [-0.2, -0.15) is 5.10 Å². The first-order valence-electron chi connectivity index (χ1n) is 7.91. The van der Waals surface area contributed by atoms with E-state index in [1.807, 2.05) is 25.9 Å². The van der Waals surface area contributed by atoms with Gasteiger partial charge >= 0.3 is 0 Å². The molecule has 3 aromatic rings. The second-order valence-electron chi connectivity index (χ2n) is 5.85. The molecule has 1 N–H and O–H groups in total. The third-order valence-electron chi connectivity index (χ3n) is 4.16. The number of furan rings is 1. The number of rotatable bonds is 4. The van der Waals surface area contributed by atoms with Gasteiger partial charge < -0.3 is 14.6 Å². The van der Waals surface area contributed by atoms with Crippen LogP contribution in [-0.2, 0) is 20.1 Å². The second kappa shape index (κ2) is 8.47. The molecule has 0 bridgehead atoms. The summed E-state index contributed by atoms with van der Waals surface area (Å²) >= 11 is 0.